The number of ether oxygens (including phenoxy) is 2. The van der Waals surface area contributed by atoms with Gasteiger partial charge >= 0.3 is 5.97 Å². The zero-order valence-corrected chi connectivity index (χ0v) is 13.8. The van der Waals surface area contributed by atoms with Gasteiger partial charge in [-0.05, 0) is 26.3 Å². The van der Waals surface area contributed by atoms with E-state index in [0.717, 1.165) is 42.5 Å². The van der Waals surface area contributed by atoms with Crippen molar-refractivity contribution in [2.24, 2.45) is 5.73 Å². The zero-order chi connectivity index (χ0) is 17.1. The molecule has 0 amide bonds. The van der Waals surface area contributed by atoms with Crippen LogP contribution < -0.4 is 15.2 Å². The molecule has 1 atom stereocenters. The number of hydrogen-bond donors (Lipinski definition) is 2. The van der Waals surface area contributed by atoms with Crippen LogP contribution >= 0.6 is 0 Å². The largest absolute Gasteiger partial charge is 0.486 e. The average Bonchev–Trinajstić information content (AvgIpc) is 2.92. The van der Waals surface area contributed by atoms with Gasteiger partial charge in [0.15, 0.2) is 11.5 Å². The summed E-state index contributed by atoms with van der Waals surface area (Å²) >= 11 is 0. The SMILES string of the molecule is CC(C(=O)O)n1c(CCCCCN)nc2cc3c(cc21)OCCO3. The van der Waals surface area contributed by atoms with Crippen LogP contribution in [0.2, 0.25) is 0 Å². The molecule has 3 N–H and O–H groups in total. The van der Waals surface area contributed by atoms with Gasteiger partial charge in [-0.3, -0.25) is 0 Å². The number of aromatic nitrogens is 2. The van der Waals surface area contributed by atoms with E-state index in [-0.39, 0.29) is 0 Å². The Labute approximate surface area is 140 Å². The van der Waals surface area contributed by atoms with E-state index >= 15 is 0 Å². The lowest BCUT2D eigenvalue weighted by Gasteiger charge is -2.19. The van der Waals surface area contributed by atoms with Crippen molar-refractivity contribution in [1.82, 2.24) is 9.55 Å². The van der Waals surface area contributed by atoms with E-state index < -0.39 is 12.0 Å². The fourth-order valence-electron chi connectivity index (χ4n) is 3.00. The van der Waals surface area contributed by atoms with Crippen LogP contribution in [0.1, 0.15) is 38.1 Å². The van der Waals surface area contributed by atoms with Gasteiger partial charge in [0, 0.05) is 18.6 Å². The van der Waals surface area contributed by atoms with Gasteiger partial charge in [-0.25, -0.2) is 9.78 Å². The molecule has 7 nitrogen and oxygen atoms in total. The number of rotatable bonds is 7. The van der Waals surface area contributed by atoms with E-state index in [0.29, 0.717) is 31.3 Å². The molecule has 24 heavy (non-hydrogen) atoms. The first-order chi connectivity index (χ1) is 11.6. The van der Waals surface area contributed by atoms with Gasteiger partial charge in [0.1, 0.15) is 25.1 Å². The third kappa shape index (κ3) is 3.17. The van der Waals surface area contributed by atoms with Crippen LogP contribution in [-0.4, -0.2) is 40.4 Å². The van der Waals surface area contributed by atoms with E-state index in [4.69, 9.17) is 15.2 Å². The number of aliphatic carboxylic acids is 1. The van der Waals surface area contributed by atoms with Crippen LogP contribution in [0.3, 0.4) is 0 Å². The average molecular weight is 333 g/mol. The predicted molar refractivity (Wildman–Crippen MR) is 89.7 cm³/mol. The number of nitrogens with two attached hydrogens (primary N) is 1. The summed E-state index contributed by atoms with van der Waals surface area (Å²) in [4.78, 5) is 16.2. The smallest absolute Gasteiger partial charge is 0.326 e. The van der Waals surface area contributed by atoms with Crippen molar-refractivity contribution in [2.45, 2.75) is 38.6 Å². The molecular weight excluding hydrogens is 310 g/mol. The minimum absolute atomic E-state index is 0.493. The fourth-order valence-corrected chi connectivity index (χ4v) is 3.00. The molecule has 0 saturated heterocycles. The highest BCUT2D eigenvalue weighted by molar-refractivity contribution is 5.83. The normalized spacial score (nSPS) is 14.8. The molecule has 0 bridgehead atoms. The number of imidazole rings is 1. The van der Waals surface area contributed by atoms with Gasteiger partial charge in [0.25, 0.3) is 0 Å². The summed E-state index contributed by atoms with van der Waals surface area (Å²) < 4.78 is 13.0. The first kappa shape index (κ1) is 16.6. The Hall–Kier alpha value is -2.28. The van der Waals surface area contributed by atoms with Crippen LogP contribution in [0.25, 0.3) is 11.0 Å². The van der Waals surface area contributed by atoms with Crippen molar-refractivity contribution in [3.05, 3.63) is 18.0 Å². The van der Waals surface area contributed by atoms with Gasteiger partial charge < -0.3 is 24.9 Å². The summed E-state index contributed by atoms with van der Waals surface area (Å²) in [6, 6.07) is 2.97. The quantitative estimate of drug-likeness (QED) is 0.753. The summed E-state index contributed by atoms with van der Waals surface area (Å²) in [7, 11) is 0. The van der Waals surface area contributed by atoms with E-state index in [1.54, 1.807) is 11.5 Å². The molecule has 0 aliphatic carbocycles. The van der Waals surface area contributed by atoms with Crippen molar-refractivity contribution in [3.8, 4) is 11.5 Å². The summed E-state index contributed by atoms with van der Waals surface area (Å²) in [6.07, 6.45) is 3.62. The molecule has 0 fully saturated rings. The Morgan fingerprint density at radius 3 is 2.67 bits per heavy atom. The van der Waals surface area contributed by atoms with Crippen molar-refractivity contribution < 1.29 is 19.4 Å². The molecule has 1 aromatic heterocycles. The Bertz CT molecular complexity index is 741. The van der Waals surface area contributed by atoms with Gasteiger partial charge in [0.05, 0.1) is 11.0 Å². The van der Waals surface area contributed by atoms with Crippen molar-refractivity contribution in [3.63, 3.8) is 0 Å². The lowest BCUT2D eigenvalue weighted by molar-refractivity contribution is -0.140. The molecule has 0 spiro atoms. The van der Waals surface area contributed by atoms with E-state index in [2.05, 4.69) is 4.98 Å². The highest BCUT2D eigenvalue weighted by Gasteiger charge is 2.23. The second-order valence-electron chi connectivity index (χ2n) is 6.00. The maximum Gasteiger partial charge on any atom is 0.326 e. The van der Waals surface area contributed by atoms with Gasteiger partial charge in [-0.2, -0.15) is 0 Å². The molecule has 1 aliphatic heterocycles. The molecule has 7 heteroatoms. The van der Waals surface area contributed by atoms with Gasteiger partial charge in [-0.1, -0.05) is 6.42 Å². The molecule has 3 rings (SSSR count). The molecule has 0 radical (unpaired) electrons. The first-order valence-electron chi connectivity index (χ1n) is 8.35. The number of benzene rings is 1. The Kier molecular flexibility index (Phi) is 4.89. The van der Waals surface area contributed by atoms with Gasteiger partial charge in [0.2, 0.25) is 0 Å². The monoisotopic (exact) mass is 333 g/mol. The van der Waals surface area contributed by atoms with E-state index in [1.807, 2.05) is 12.1 Å². The summed E-state index contributed by atoms with van der Waals surface area (Å²) in [5.74, 6) is 1.20. The van der Waals surface area contributed by atoms with Crippen LogP contribution in [0.15, 0.2) is 12.1 Å². The molecule has 130 valence electrons. The molecule has 2 aromatic rings. The highest BCUT2D eigenvalue weighted by Crippen LogP contribution is 2.36. The number of aryl methyl sites for hydroxylation is 1. The number of carboxylic acids is 1. The number of carbonyl (C=O) groups is 1. The summed E-state index contributed by atoms with van der Waals surface area (Å²) in [5.41, 5.74) is 7.03. The van der Waals surface area contributed by atoms with Crippen molar-refractivity contribution >= 4 is 17.0 Å². The second-order valence-corrected chi connectivity index (χ2v) is 6.00. The number of fused-ring (bicyclic) bond motifs is 2. The minimum Gasteiger partial charge on any atom is -0.486 e. The highest BCUT2D eigenvalue weighted by atomic mass is 16.6. The maximum absolute atomic E-state index is 11.5. The fraction of sp³-hybridized carbons (Fsp3) is 0.529. The van der Waals surface area contributed by atoms with Crippen molar-refractivity contribution in [1.29, 1.82) is 0 Å². The standard InChI is InChI=1S/C17H23N3O4/c1-11(17(21)22)20-13-10-15-14(23-7-8-24-15)9-12(13)19-16(20)5-3-2-4-6-18/h9-11H,2-8,18H2,1H3,(H,21,22). The Balaban J connectivity index is 2.01. The number of unbranched alkanes of at least 4 members (excludes halogenated alkanes) is 2. The van der Waals surface area contributed by atoms with Gasteiger partial charge in [-0.15, -0.1) is 0 Å². The third-order valence-corrected chi connectivity index (χ3v) is 4.28. The maximum atomic E-state index is 11.5. The second kappa shape index (κ2) is 7.09. The molecular formula is C17H23N3O4. The summed E-state index contributed by atoms with van der Waals surface area (Å²) in [6.45, 7) is 3.34. The Morgan fingerprint density at radius 1 is 1.29 bits per heavy atom. The van der Waals surface area contributed by atoms with Crippen LogP contribution in [0.4, 0.5) is 0 Å². The predicted octanol–water partition coefficient (Wildman–Crippen LogP) is 2.12. The van der Waals surface area contributed by atoms with Crippen molar-refractivity contribution in [2.75, 3.05) is 19.8 Å². The zero-order valence-electron chi connectivity index (χ0n) is 13.8. The van der Waals surface area contributed by atoms with E-state index in [9.17, 15) is 9.90 Å². The molecule has 1 aliphatic rings. The molecule has 2 heterocycles. The summed E-state index contributed by atoms with van der Waals surface area (Å²) in [5, 5.41) is 9.46. The lowest BCUT2D eigenvalue weighted by Crippen LogP contribution is -2.18. The van der Waals surface area contributed by atoms with E-state index in [1.165, 1.54) is 0 Å². The third-order valence-electron chi connectivity index (χ3n) is 4.28. The topological polar surface area (TPSA) is 99.6 Å². The Morgan fingerprint density at radius 2 is 2.00 bits per heavy atom. The minimum atomic E-state index is -0.882. The first-order valence-corrected chi connectivity index (χ1v) is 8.35. The lowest BCUT2D eigenvalue weighted by atomic mass is 10.2. The molecule has 0 saturated carbocycles. The van der Waals surface area contributed by atoms with Crippen LogP contribution in [0.5, 0.6) is 11.5 Å². The van der Waals surface area contributed by atoms with Crippen LogP contribution in [0, 0.1) is 0 Å². The number of carboxylic acid groups (broad SMARTS) is 1. The molecule has 1 unspecified atom stereocenters. The number of nitrogens with zero attached hydrogens (tertiary/aromatic N) is 2. The van der Waals surface area contributed by atoms with Crippen LogP contribution in [-0.2, 0) is 11.2 Å². The number of hydrogen-bond acceptors (Lipinski definition) is 5. The molecule has 1 aromatic carbocycles.